The van der Waals surface area contributed by atoms with Gasteiger partial charge in [0.15, 0.2) is 6.20 Å². The van der Waals surface area contributed by atoms with Crippen molar-refractivity contribution in [3.8, 4) is 5.75 Å². The molecule has 2 aromatic carbocycles. The van der Waals surface area contributed by atoms with Gasteiger partial charge in [0.25, 0.3) is 5.91 Å². The molecule has 0 spiro atoms. The molecule has 3 aromatic rings. The number of hydrogen-bond donors (Lipinski definition) is 1. The lowest BCUT2D eigenvalue weighted by molar-refractivity contribution is -0.577. The minimum Gasteiger partial charge on any atom is -0.618 e. The molecule has 0 radical (unpaired) electrons. The minimum absolute atomic E-state index is 0.147. The number of amides is 1. The summed E-state index contributed by atoms with van der Waals surface area (Å²) in [4.78, 5) is 16.2. The van der Waals surface area contributed by atoms with Crippen LogP contribution in [0.25, 0.3) is 10.9 Å². The van der Waals surface area contributed by atoms with Crippen LogP contribution in [0.1, 0.15) is 55.1 Å². The molecule has 4 heterocycles. The Labute approximate surface area is 201 Å². The molecule has 1 aromatic heterocycles. The zero-order valence-corrected chi connectivity index (χ0v) is 19.9. The fourth-order valence-corrected chi connectivity index (χ4v) is 6.02. The third-order valence-electron chi connectivity index (χ3n) is 7.74. The molecule has 0 aliphatic carbocycles. The van der Waals surface area contributed by atoms with Crippen molar-refractivity contribution in [1.82, 2.24) is 10.2 Å². The average molecular weight is 460 g/mol. The number of carbonyl (C=O) groups excluding carboxylic acids is 1. The lowest BCUT2D eigenvalue weighted by Crippen LogP contribution is -2.57. The predicted molar refractivity (Wildman–Crippen MR) is 133 cm³/mol. The summed E-state index contributed by atoms with van der Waals surface area (Å²) in [6.07, 6.45) is 5.03. The van der Waals surface area contributed by atoms with E-state index in [1.807, 2.05) is 61.5 Å². The van der Waals surface area contributed by atoms with Crippen molar-refractivity contribution >= 4 is 16.8 Å². The Bertz CT molecular complexity index is 1180. The van der Waals surface area contributed by atoms with Crippen LogP contribution in [0.15, 0.2) is 60.8 Å². The Morgan fingerprint density at radius 3 is 2.74 bits per heavy atom. The predicted octanol–water partition coefficient (Wildman–Crippen LogP) is 4.46. The van der Waals surface area contributed by atoms with Crippen LogP contribution < -0.4 is 14.8 Å². The Morgan fingerprint density at radius 1 is 1.18 bits per heavy atom. The van der Waals surface area contributed by atoms with E-state index < -0.39 is 0 Å². The maximum atomic E-state index is 13.6. The van der Waals surface area contributed by atoms with E-state index in [4.69, 9.17) is 4.74 Å². The Balaban J connectivity index is 1.56. The lowest BCUT2D eigenvalue weighted by atomic mass is 9.72. The van der Waals surface area contributed by atoms with Gasteiger partial charge in [-0.1, -0.05) is 37.6 Å². The van der Waals surface area contributed by atoms with E-state index in [0.29, 0.717) is 29.4 Å². The van der Waals surface area contributed by atoms with Gasteiger partial charge >= 0.3 is 0 Å². The van der Waals surface area contributed by atoms with Crippen LogP contribution in [-0.4, -0.2) is 36.5 Å². The van der Waals surface area contributed by atoms with Crippen LogP contribution in [0, 0.1) is 17.0 Å². The molecule has 34 heavy (non-hydrogen) atoms. The molecule has 2 bridgehead atoms. The molecule has 3 aliphatic heterocycles. The first-order valence-electron chi connectivity index (χ1n) is 12.5. The number of hydrogen-bond acceptors (Lipinski definition) is 4. The van der Waals surface area contributed by atoms with Crippen LogP contribution in [-0.2, 0) is 0 Å². The molecule has 6 heteroatoms. The number of nitrogens with zero attached hydrogens (tertiary/aromatic N) is 2. The molecule has 0 saturated carbocycles. The van der Waals surface area contributed by atoms with Gasteiger partial charge in [0, 0.05) is 24.7 Å². The zero-order chi connectivity index (χ0) is 23.7. The van der Waals surface area contributed by atoms with Crippen molar-refractivity contribution in [2.45, 2.75) is 45.2 Å². The molecular formula is C28H33N3O3. The molecule has 3 aliphatic rings. The van der Waals surface area contributed by atoms with Crippen LogP contribution in [0.5, 0.6) is 5.75 Å². The van der Waals surface area contributed by atoms with E-state index in [2.05, 4.69) is 17.1 Å². The smallest absolute Gasteiger partial charge is 0.255 e. The monoisotopic (exact) mass is 459 g/mol. The van der Waals surface area contributed by atoms with E-state index >= 15 is 0 Å². The van der Waals surface area contributed by atoms with Crippen molar-refractivity contribution in [3.63, 3.8) is 0 Å². The molecule has 1 unspecified atom stereocenters. The van der Waals surface area contributed by atoms with Crippen molar-refractivity contribution < 1.29 is 14.3 Å². The summed E-state index contributed by atoms with van der Waals surface area (Å²) < 4.78 is 6.64. The summed E-state index contributed by atoms with van der Waals surface area (Å²) >= 11 is 0. The highest BCUT2D eigenvalue weighted by Gasteiger charge is 2.44. The van der Waals surface area contributed by atoms with Crippen molar-refractivity contribution in [3.05, 3.63) is 77.1 Å². The number of para-hydroxylation sites is 2. The zero-order valence-electron chi connectivity index (χ0n) is 19.9. The molecular weight excluding hydrogens is 426 g/mol. The lowest BCUT2D eigenvalue weighted by Gasteiger charge is -2.52. The van der Waals surface area contributed by atoms with Crippen molar-refractivity contribution in [2.24, 2.45) is 11.8 Å². The quantitative estimate of drug-likeness (QED) is 0.418. The molecule has 6 nitrogen and oxygen atoms in total. The Kier molecular flexibility index (Phi) is 6.42. The molecule has 3 fully saturated rings. The van der Waals surface area contributed by atoms with Crippen molar-refractivity contribution in [2.75, 3.05) is 19.7 Å². The molecule has 1 amide bonds. The number of rotatable bonds is 7. The van der Waals surface area contributed by atoms with Gasteiger partial charge in [-0.15, -0.1) is 0 Å². The maximum Gasteiger partial charge on any atom is 0.255 e. The number of piperidine rings is 3. The van der Waals surface area contributed by atoms with Gasteiger partial charge in [-0.05, 0) is 61.9 Å². The number of fused-ring (bicyclic) bond motifs is 4. The highest BCUT2D eigenvalue weighted by Crippen LogP contribution is 2.42. The largest absolute Gasteiger partial charge is 0.618 e. The van der Waals surface area contributed by atoms with Gasteiger partial charge < -0.3 is 15.3 Å². The van der Waals surface area contributed by atoms with Crippen LogP contribution in [0.2, 0.25) is 0 Å². The molecule has 5 atom stereocenters. The summed E-state index contributed by atoms with van der Waals surface area (Å²) in [5.74, 6) is 1.84. The first kappa shape index (κ1) is 22.7. The number of carbonyl (C=O) groups is 1. The van der Waals surface area contributed by atoms with Crippen LogP contribution in [0.3, 0.4) is 0 Å². The van der Waals surface area contributed by atoms with E-state index in [-0.39, 0.29) is 18.0 Å². The van der Waals surface area contributed by atoms with E-state index in [1.165, 1.54) is 12.8 Å². The van der Waals surface area contributed by atoms with E-state index in [1.54, 1.807) is 6.20 Å². The summed E-state index contributed by atoms with van der Waals surface area (Å²) in [6, 6.07) is 16.9. The third-order valence-corrected chi connectivity index (χ3v) is 7.74. The van der Waals surface area contributed by atoms with Gasteiger partial charge in [0.1, 0.15) is 5.75 Å². The van der Waals surface area contributed by atoms with Gasteiger partial charge in [-0.3, -0.25) is 9.69 Å². The molecule has 3 saturated heterocycles. The van der Waals surface area contributed by atoms with Gasteiger partial charge in [0.05, 0.1) is 23.6 Å². The van der Waals surface area contributed by atoms with Crippen LogP contribution >= 0.6 is 0 Å². The SMILES string of the molecule is CCOc1ccccc1C(=O)N[C@H](c1cc[n+]([O-])c2ccccc12)[C@H]1C[C@@H]2CCN1C[C@@H]2CC. The maximum absolute atomic E-state index is 13.6. The second-order valence-electron chi connectivity index (χ2n) is 9.51. The Hall–Kier alpha value is -3.12. The highest BCUT2D eigenvalue weighted by atomic mass is 16.5. The van der Waals surface area contributed by atoms with Crippen LogP contribution in [0.4, 0.5) is 0 Å². The first-order chi connectivity index (χ1) is 16.6. The number of benzene rings is 2. The molecule has 178 valence electrons. The first-order valence-corrected chi connectivity index (χ1v) is 12.5. The number of ether oxygens (including phenoxy) is 1. The topological polar surface area (TPSA) is 68.5 Å². The fourth-order valence-electron chi connectivity index (χ4n) is 6.02. The molecule has 1 N–H and O–H groups in total. The summed E-state index contributed by atoms with van der Waals surface area (Å²) in [6.45, 7) is 6.82. The highest BCUT2D eigenvalue weighted by molar-refractivity contribution is 5.97. The Morgan fingerprint density at radius 2 is 1.97 bits per heavy atom. The number of pyridine rings is 1. The van der Waals surface area contributed by atoms with E-state index in [9.17, 15) is 10.0 Å². The van der Waals surface area contributed by atoms with Crippen molar-refractivity contribution in [1.29, 1.82) is 0 Å². The standard InChI is InChI=1S/C28H33N3O3/c1-3-19-18-30-15-13-20(19)17-25(30)27(22-14-16-31(33)24-11-7-5-9-21(22)24)29-28(32)23-10-6-8-12-26(23)34-4-2/h5-12,14,16,19-20,25,27H,3-4,13,15,17-18H2,1-2H3,(H,29,32)/t19-,20-,25+,27+/m0/s1. The van der Waals surface area contributed by atoms with E-state index in [0.717, 1.165) is 41.1 Å². The fraction of sp³-hybridized carbons (Fsp3) is 0.429. The number of aromatic nitrogens is 1. The van der Waals surface area contributed by atoms with Gasteiger partial charge in [0.2, 0.25) is 5.52 Å². The van der Waals surface area contributed by atoms with Gasteiger partial charge in [-0.2, -0.15) is 4.73 Å². The normalized spacial score (nSPS) is 24.6. The average Bonchev–Trinajstić information content (AvgIpc) is 2.88. The van der Waals surface area contributed by atoms with Gasteiger partial charge in [-0.25, -0.2) is 0 Å². The third kappa shape index (κ3) is 4.11. The molecule has 6 rings (SSSR count). The minimum atomic E-state index is -0.228. The second kappa shape index (κ2) is 9.63. The summed E-state index contributed by atoms with van der Waals surface area (Å²) in [7, 11) is 0. The summed E-state index contributed by atoms with van der Waals surface area (Å²) in [5.41, 5.74) is 2.16. The second-order valence-corrected chi connectivity index (χ2v) is 9.51. The number of nitrogens with one attached hydrogen (secondary N) is 1. The summed E-state index contributed by atoms with van der Waals surface area (Å²) in [5, 5.41) is 16.8.